The maximum Gasteiger partial charge on any atom is 0.216 e. The minimum atomic E-state index is -3.41. The summed E-state index contributed by atoms with van der Waals surface area (Å²) < 4.78 is 28.0. The third kappa shape index (κ3) is 5.05. The van der Waals surface area contributed by atoms with E-state index in [1.165, 1.54) is 6.42 Å². The van der Waals surface area contributed by atoms with Crippen molar-refractivity contribution in [3.8, 4) is 6.07 Å². The van der Waals surface area contributed by atoms with Crippen LogP contribution in [0.1, 0.15) is 57.6 Å². The first-order chi connectivity index (χ1) is 10.7. The summed E-state index contributed by atoms with van der Waals surface area (Å²) in [6.07, 6.45) is 4.22. The Hall–Kier alpha value is -1.38. The van der Waals surface area contributed by atoms with Crippen molar-refractivity contribution in [3.05, 3.63) is 35.4 Å². The van der Waals surface area contributed by atoms with Crippen LogP contribution in [-0.2, 0) is 15.8 Å². The van der Waals surface area contributed by atoms with Crippen LogP contribution in [0.15, 0.2) is 24.3 Å². The van der Waals surface area contributed by atoms with Gasteiger partial charge in [0, 0.05) is 6.04 Å². The van der Waals surface area contributed by atoms with E-state index in [0.29, 0.717) is 17.0 Å². The Balaban J connectivity index is 2.12. The highest BCUT2D eigenvalue weighted by Gasteiger charge is 2.36. The summed E-state index contributed by atoms with van der Waals surface area (Å²) in [6, 6.07) is 8.85. The molecule has 23 heavy (non-hydrogen) atoms. The highest BCUT2D eigenvalue weighted by molar-refractivity contribution is 7.88. The number of nitrogens with one attached hydrogen (secondary N) is 1. The molecule has 5 heteroatoms. The van der Waals surface area contributed by atoms with Crippen molar-refractivity contribution in [1.29, 1.82) is 5.26 Å². The Morgan fingerprint density at radius 1 is 1.26 bits per heavy atom. The van der Waals surface area contributed by atoms with E-state index < -0.39 is 10.0 Å². The summed E-state index contributed by atoms with van der Waals surface area (Å²) in [6.45, 7) is 6.54. The summed E-state index contributed by atoms with van der Waals surface area (Å²) >= 11 is 0. The Labute approximate surface area is 140 Å². The Morgan fingerprint density at radius 3 is 2.61 bits per heavy atom. The maximum atomic E-state index is 12.5. The van der Waals surface area contributed by atoms with Gasteiger partial charge in [-0.15, -0.1) is 0 Å². The molecule has 1 saturated carbocycles. The van der Waals surface area contributed by atoms with E-state index in [0.717, 1.165) is 19.3 Å². The summed E-state index contributed by atoms with van der Waals surface area (Å²) in [4.78, 5) is 0. The SMILES string of the molecule is CC(C)(C)C1CCCCC1NS(=O)(=O)Cc1cccc(C#N)c1. The highest BCUT2D eigenvalue weighted by Crippen LogP contribution is 2.38. The molecular weight excluding hydrogens is 308 g/mol. The van der Waals surface area contributed by atoms with Gasteiger partial charge >= 0.3 is 0 Å². The summed E-state index contributed by atoms with van der Waals surface area (Å²) in [5.41, 5.74) is 1.23. The van der Waals surface area contributed by atoms with Crippen LogP contribution in [0.4, 0.5) is 0 Å². The smallest absolute Gasteiger partial charge is 0.212 e. The zero-order valence-electron chi connectivity index (χ0n) is 14.2. The molecule has 126 valence electrons. The molecule has 2 atom stereocenters. The van der Waals surface area contributed by atoms with Crippen LogP contribution in [0.2, 0.25) is 0 Å². The molecule has 0 saturated heterocycles. The van der Waals surface area contributed by atoms with Gasteiger partial charge in [-0.1, -0.05) is 45.7 Å². The average Bonchev–Trinajstić information content (AvgIpc) is 2.46. The molecule has 2 unspecified atom stereocenters. The quantitative estimate of drug-likeness (QED) is 0.915. The fraction of sp³-hybridized carbons (Fsp3) is 0.611. The number of sulfonamides is 1. The van der Waals surface area contributed by atoms with Crippen LogP contribution >= 0.6 is 0 Å². The first kappa shape index (κ1) is 18.0. The molecule has 1 aliphatic rings. The zero-order chi connectivity index (χ0) is 17.1. The van der Waals surface area contributed by atoms with Crippen molar-refractivity contribution >= 4 is 10.0 Å². The highest BCUT2D eigenvalue weighted by atomic mass is 32.2. The van der Waals surface area contributed by atoms with E-state index >= 15 is 0 Å². The van der Waals surface area contributed by atoms with Gasteiger partial charge in [0.2, 0.25) is 10.0 Å². The molecule has 1 fully saturated rings. The standard InChI is InChI=1S/C18H26N2O2S/c1-18(2,3)16-9-4-5-10-17(16)20-23(21,22)13-15-8-6-7-14(11-15)12-19/h6-8,11,16-17,20H,4-5,9-10,13H2,1-3H3. The van der Waals surface area contributed by atoms with Crippen LogP contribution in [0.5, 0.6) is 0 Å². The van der Waals surface area contributed by atoms with Crippen molar-refractivity contribution in [3.63, 3.8) is 0 Å². The second-order valence-corrected chi connectivity index (χ2v) is 9.31. The molecule has 2 rings (SSSR count). The molecule has 1 aromatic rings. The normalized spacial score (nSPS) is 22.5. The molecular formula is C18H26N2O2S. The van der Waals surface area contributed by atoms with Crippen LogP contribution in [0.25, 0.3) is 0 Å². The lowest BCUT2D eigenvalue weighted by atomic mass is 9.70. The molecule has 0 aromatic heterocycles. The lowest BCUT2D eigenvalue weighted by molar-refractivity contribution is 0.144. The first-order valence-corrected chi connectivity index (χ1v) is 9.85. The number of hydrogen-bond acceptors (Lipinski definition) is 3. The number of nitriles is 1. The predicted octanol–water partition coefficient (Wildman–Crippen LogP) is 3.58. The average molecular weight is 334 g/mol. The lowest BCUT2D eigenvalue weighted by Crippen LogP contribution is -2.46. The van der Waals surface area contributed by atoms with Gasteiger partial charge in [-0.25, -0.2) is 13.1 Å². The van der Waals surface area contributed by atoms with Crippen molar-refractivity contribution < 1.29 is 8.42 Å². The summed E-state index contributed by atoms with van der Waals surface area (Å²) in [5, 5.41) is 8.93. The second-order valence-electron chi connectivity index (χ2n) is 7.55. The van der Waals surface area contributed by atoms with E-state index in [4.69, 9.17) is 5.26 Å². The van der Waals surface area contributed by atoms with E-state index in [2.05, 4.69) is 25.5 Å². The van der Waals surface area contributed by atoms with Gasteiger partial charge in [0.1, 0.15) is 0 Å². The molecule has 1 aliphatic carbocycles. The minimum absolute atomic E-state index is 0.00731. The number of benzene rings is 1. The minimum Gasteiger partial charge on any atom is -0.212 e. The molecule has 1 aromatic carbocycles. The predicted molar refractivity (Wildman–Crippen MR) is 92.1 cm³/mol. The van der Waals surface area contributed by atoms with E-state index in [9.17, 15) is 8.42 Å². The molecule has 4 nitrogen and oxygen atoms in total. The van der Waals surface area contributed by atoms with Crippen molar-refractivity contribution in [2.45, 2.75) is 58.2 Å². The van der Waals surface area contributed by atoms with Gasteiger partial charge in [-0.2, -0.15) is 5.26 Å². The second kappa shape index (κ2) is 7.02. The van der Waals surface area contributed by atoms with Gasteiger partial charge in [0.25, 0.3) is 0 Å². The third-order valence-electron chi connectivity index (χ3n) is 4.62. The van der Waals surface area contributed by atoms with Gasteiger partial charge in [0.05, 0.1) is 17.4 Å². The molecule has 0 bridgehead atoms. The number of rotatable bonds is 4. The molecule has 0 aliphatic heterocycles. The Kier molecular flexibility index (Phi) is 5.49. The van der Waals surface area contributed by atoms with E-state index in [1.807, 2.05) is 6.07 Å². The van der Waals surface area contributed by atoms with Crippen molar-refractivity contribution in [2.24, 2.45) is 11.3 Å². The monoisotopic (exact) mass is 334 g/mol. The van der Waals surface area contributed by atoms with E-state index in [1.54, 1.807) is 24.3 Å². The lowest BCUT2D eigenvalue weighted by Gasteiger charge is -2.40. The molecule has 0 amide bonds. The topological polar surface area (TPSA) is 70.0 Å². The van der Waals surface area contributed by atoms with Gasteiger partial charge in [0.15, 0.2) is 0 Å². The largest absolute Gasteiger partial charge is 0.216 e. The van der Waals surface area contributed by atoms with E-state index in [-0.39, 0.29) is 17.2 Å². The fourth-order valence-electron chi connectivity index (χ4n) is 3.53. The van der Waals surface area contributed by atoms with Crippen LogP contribution in [-0.4, -0.2) is 14.5 Å². The van der Waals surface area contributed by atoms with Crippen molar-refractivity contribution in [1.82, 2.24) is 4.72 Å². The Bertz CT molecular complexity index is 684. The Morgan fingerprint density at radius 2 is 1.96 bits per heavy atom. The molecule has 0 heterocycles. The van der Waals surface area contributed by atoms with Crippen LogP contribution in [0, 0.1) is 22.7 Å². The third-order valence-corrected chi connectivity index (χ3v) is 6.00. The van der Waals surface area contributed by atoms with Gasteiger partial charge < -0.3 is 0 Å². The molecule has 0 radical (unpaired) electrons. The maximum absolute atomic E-state index is 12.5. The molecule has 0 spiro atoms. The molecule has 1 N–H and O–H groups in total. The first-order valence-electron chi connectivity index (χ1n) is 8.20. The summed E-state index contributed by atoms with van der Waals surface area (Å²) in [5.74, 6) is 0.284. The zero-order valence-corrected chi connectivity index (χ0v) is 15.0. The van der Waals surface area contributed by atoms with Crippen LogP contribution < -0.4 is 4.72 Å². The van der Waals surface area contributed by atoms with Crippen molar-refractivity contribution in [2.75, 3.05) is 0 Å². The van der Waals surface area contributed by atoms with Gasteiger partial charge in [-0.3, -0.25) is 0 Å². The number of nitrogens with zero attached hydrogens (tertiary/aromatic N) is 1. The van der Waals surface area contributed by atoms with Gasteiger partial charge in [-0.05, 0) is 41.9 Å². The number of hydrogen-bond donors (Lipinski definition) is 1. The summed E-state index contributed by atoms with van der Waals surface area (Å²) in [7, 11) is -3.41. The fourth-order valence-corrected chi connectivity index (χ4v) is 4.98. The van der Waals surface area contributed by atoms with Crippen LogP contribution in [0.3, 0.4) is 0 Å².